The highest BCUT2D eigenvalue weighted by Gasteiger charge is 2.11. The molecule has 0 heterocycles. The zero-order valence-corrected chi connectivity index (χ0v) is 13.7. The third-order valence-electron chi connectivity index (χ3n) is 2.57. The lowest BCUT2D eigenvalue weighted by molar-refractivity contribution is 0.408. The van der Waals surface area contributed by atoms with Gasteiger partial charge in [-0.2, -0.15) is 0 Å². The average molecular weight is 373 g/mol. The third kappa shape index (κ3) is 3.42. The fourth-order valence-corrected chi connectivity index (χ4v) is 2.53. The molecular weight excluding hydrogens is 362 g/mol. The van der Waals surface area contributed by atoms with Crippen LogP contribution >= 0.6 is 39.7 Å². The molecule has 6 heteroatoms. The largest absolute Gasteiger partial charge is 0.497 e. The molecule has 2 rings (SSSR count). The van der Waals surface area contributed by atoms with Gasteiger partial charge in [-0.05, 0) is 46.3 Å². The van der Waals surface area contributed by atoms with Crippen LogP contribution in [0.5, 0.6) is 17.2 Å². The van der Waals surface area contributed by atoms with Gasteiger partial charge in [-0.3, -0.25) is 0 Å². The average Bonchev–Trinajstić information content (AvgIpc) is 2.41. The van der Waals surface area contributed by atoms with Crippen molar-refractivity contribution in [2.75, 3.05) is 7.11 Å². The number of rotatable bonds is 4. The van der Waals surface area contributed by atoms with Gasteiger partial charge in [0, 0.05) is 11.1 Å². The van der Waals surface area contributed by atoms with Gasteiger partial charge in [-0.25, -0.2) is 0 Å². The summed E-state index contributed by atoms with van der Waals surface area (Å²) in [6.45, 7) is 0. The molecule has 2 N–H and O–H groups in total. The fraction of sp³-hybridized carbons (Fsp3) is 0.0714. The lowest BCUT2D eigenvalue weighted by atomic mass is 10.2. The Morgan fingerprint density at radius 3 is 2.55 bits per heavy atom. The van der Waals surface area contributed by atoms with E-state index in [1.807, 2.05) is 0 Å². The molecule has 0 saturated carbocycles. The van der Waals surface area contributed by atoms with Crippen molar-refractivity contribution in [1.82, 2.24) is 0 Å². The van der Waals surface area contributed by atoms with Crippen molar-refractivity contribution < 1.29 is 9.47 Å². The molecule has 0 aromatic heterocycles. The number of halogens is 2. The first-order chi connectivity index (χ1) is 9.51. The standard InChI is InChI=1S/C14H11BrClNO2S/c1-18-9-3-4-10(14(17)20)13(7-9)19-12-5-2-8(16)6-11(12)15/h2-7H,1H3,(H2,17,20). The first-order valence-electron chi connectivity index (χ1n) is 5.62. The topological polar surface area (TPSA) is 44.5 Å². The highest BCUT2D eigenvalue weighted by molar-refractivity contribution is 9.10. The molecule has 2 aromatic rings. The van der Waals surface area contributed by atoms with E-state index in [1.54, 1.807) is 43.5 Å². The summed E-state index contributed by atoms with van der Waals surface area (Å²) in [6, 6.07) is 10.5. The zero-order chi connectivity index (χ0) is 14.7. The van der Waals surface area contributed by atoms with Crippen molar-refractivity contribution in [3.63, 3.8) is 0 Å². The Morgan fingerprint density at radius 1 is 1.20 bits per heavy atom. The third-order valence-corrected chi connectivity index (χ3v) is 3.64. The van der Waals surface area contributed by atoms with Crippen LogP contribution in [0.2, 0.25) is 5.02 Å². The molecule has 3 nitrogen and oxygen atoms in total. The maximum absolute atomic E-state index is 5.90. The number of nitrogens with two attached hydrogens (primary N) is 1. The number of hydrogen-bond acceptors (Lipinski definition) is 3. The van der Waals surface area contributed by atoms with Crippen LogP contribution in [0.15, 0.2) is 40.9 Å². The molecule has 0 unspecified atom stereocenters. The van der Waals surface area contributed by atoms with Gasteiger partial charge < -0.3 is 15.2 Å². The highest BCUT2D eigenvalue weighted by Crippen LogP contribution is 2.35. The van der Waals surface area contributed by atoms with E-state index in [2.05, 4.69) is 15.9 Å². The Morgan fingerprint density at radius 2 is 1.95 bits per heavy atom. The lowest BCUT2D eigenvalue weighted by Gasteiger charge is -2.13. The summed E-state index contributed by atoms with van der Waals surface area (Å²) in [6.07, 6.45) is 0. The summed E-state index contributed by atoms with van der Waals surface area (Å²) in [5.41, 5.74) is 6.34. The summed E-state index contributed by atoms with van der Waals surface area (Å²) in [4.78, 5) is 0.257. The Labute approximate surface area is 135 Å². The second-order valence-electron chi connectivity index (χ2n) is 3.90. The van der Waals surface area contributed by atoms with Crippen molar-refractivity contribution in [1.29, 1.82) is 0 Å². The summed E-state index contributed by atoms with van der Waals surface area (Å²) in [5, 5.41) is 0.615. The minimum atomic E-state index is 0.257. The Kier molecular flexibility index (Phi) is 4.86. The SMILES string of the molecule is COc1ccc(C(N)=S)c(Oc2ccc(Cl)cc2Br)c1. The monoisotopic (exact) mass is 371 g/mol. The molecule has 0 aliphatic rings. The molecule has 20 heavy (non-hydrogen) atoms. The molecule has 0 amide bonds. The van der Waals surface area contributed by atoms with Crippen LogP contribution in [0.25, 0.3) is 0 Å². The van der Waals surface area contributed by atoms with Crippen LogP contribution < -0.4 is 15.2 Å². The van der Waals surface area contributed by atoms with Gasteiger partial charge in [0.2, 0.25) is 0 Å². The maximum Gasteiger partial charge on any atom is 0.141 e. The number of hydrogen-bond donors (Lipinski definition) is 1. The maximum atomic E-state index is 5.90. The van der Waals surface area contributed by atoms with E-state index in [4.69, 9.17) is 39.0 Å². The quantitative estimate of drug-likeness (QED) is 0.800. The first kappa shape index (κ1) is 15.1. The van der Waals surface area contributed by atoms with Gasteiger partial charge in [-0.1, -0.05) is 23.8 Å². The lowest BCUT2D eigenvalue weighted by Crippen LogP contribution is -2.10. The molecule has 104 valence electrons. The molecule has 2 aromatic carbocycles. The van der Waals surface area contributed by atoms with E-state index in [1.165, 1.54) is 0 Å². The van der Waals surface area contributed by atoms with Crippen molar-refractivity contribution >= 4 is 44.7 Å². The van der Waals surface area contributed by atoms with Gasteiger partial charge in [0.15, 0.2) is 0 Å². The number of methoxy groups -OCH3 is 1. The molecular formula is C14H11BrClNO2S. The fourth-order valence-electron chi connectivity index (χ4n) is 1.59. The van der Waals surface area contributed by atoms with Crippen molar-refractivity contribution in [3.05, 3.63) is 51.5 Å². The van der Waals surface area contributed by atoms with Gasteiger partial charge >= 0.3 is 0 Å². The Balaban J connectivity index is 2.43. The van der Waals surface area contributed by atoms with Crippen molar-refractivity contribution in [3.8, 4) is 17.2 Å². The van der Waals surface area contributed by atoms with Crippen LogP contribution in [0.3, 0.4) is 0 Å². The minimum absolute atomic E-state index is 0.257. The van der Waals surface area contributed by atoms with Crippen LogP contribution in [0.1, 0.15) is 5.56 Å². The molecule has 0 radical (unpaired) electrons. The Hall–Kier alpha value is -1.30. The van der Waals surface area contributed by atoms with E-state index in [0.29, 0.717) is 27.8 Å². The summed E-state index contributed by atoms with van der Waals surface area (Å²) >= 11 is 14.3. The van der Waals surface area contributed by atoms with E-state index in [9.17, 15) is 0 Å². The smallest absolute Gasteiger partial charge is 0.141 e. The molecule has 0 saturated heterocycles. The first-order valence-corrected chi connectivity index (χ1v) is 7.20. The predicted molar refractivity (Wildman–Crippen MR) is 88.1 cm³/mol. The van der Waals surface area contributed by atoms with E-state index < -0.39 is 0 Å². The second kappa shape index (κ2) is 6.43. The van der Waals surface area contributed by atoms with Crippen LogP contribution in [-0.4, -0.2) is 12.1 Å². The summed E-state index contributed by atoms with van der Waals surface area (Å²) < 4.78 is 11.8. The predicted octanol–water partition coefficient (Wildman–Crippen LogP) is 4.54. The second-order valence-corrected chi connectivity index (χ2v) is 5.63. The van der Waals surface area contributed by atoms with Gasteiger partial charge in [-0.15, -0.1) is 0 Å². The minimum Gasteiger partial charge on any atom is -0.497 e. The van der Waals surface area contributed by atoms with Crippen LogP contribution in [0.4, 0.5) is 0 Å². The summed E-state index contributed by atoms with van der Waals surface area (Å²) in [5.74, 6) is 1.80. The van der Waals surface area contributed by atoms with E-state index >= 15 is 0 Å². The van der Waals surface area contributed by atoms with E-state index in [-0.39, 0.29) is 4.99 Å². The number of ether oxygens (including phenoxy) is 2. The summed E-state index contributed by atoms with van der Waals surface area (Å²) in [7, 11) is 1.58. The molecule has 0 aliphatic carbocycles. The molecule has 0 aliphatic heterocycles. The van der Waals surface area contributed by atoms with Crippen LogP contribution in [-0.2, 0) is 0 Å². The number of benzene rings is 2. The molecule has 0 bridgehead atoms. The number of thiocarbonyl (C=S) groups is 1. The zero-order valence-electron chi connectivity index (χ0n) is 10.5. The van der Waals surface area contributed by atoms with Crippen LogP contribution in [0, 0.1) is 0 Å². The van der Waals surface area contributed by atoms with Crippen molar-refractivity contribution in [2.45, 2.75) is 0 Å². The molecule has 0 atom stereocenters. The molecule has 0 fully saturated rings. The van der Waals surface area contributed by atoms with E-state index in [0.717, 1.165) is 4.47 Å². The normalized spacial score (nSPS) is 10.2. The van der Waals surface area contributed by atoms with Gasteiger partial charge in [0.05, 0.1) is 17.1 Å². The molecule has 0 spiro atoms. The van der Waals surface area contributed by atoms with Gasteiger partial charge in [0.1, 0.15) is 22.2 Å². The van der Waals surface area contributed by atoms with Gasteiger partial charge in [0.25, 0.3) is 0 Å². The van der Waals surface area contributed by atoms with Crippen molar-refractivity contribution in [2.24, 2.45) is 5.73 Å². The highest BCUT2D eigenvalue weighted by atomic mass is 79.9. The Bertz CT molecular complexity index is 664.